The first kappa shape index (κ1) is 84.8. The quantitative estimate of drug-likeness (QED) is 0.0176. The van der Waals surface area contributed by atoms with Crippen LogP contribution in [-0.2, 0) is 23.9 Å². The number of aromatic amines is 5. The number of ketones is 1. The van der Waals surface area contributed by atoms with Crippen LogP contribution in [-0.4, -0.2) is 174 Å². The molecule has 31 heteroatoms. The summed E-state index contributed by atoms with van der Waals surface area (Å²) in [5.74, 6) is 3.94. The van der Waals surface area contributed by atoms with Crippen molar-refractivity contribution in [2.45, 2.75) is 78.6 Å². The lowest BCUT2D eigenvalue weighted by molar-refractivity contribution is -0.145. The number of Topliss-reactive ketones (excluding diaryl/α,β-unsaturated/α-hetero) is 1. The van der Waals surface area contributed by atoms with E-state index in [0.717, 1.165) is 119 Å². The van der Waals surface area contributed by atoms with Gasteiger partial charge in [0.2, 0.25) is 16.9 Å². The third-order valence-electron chi connectivity index (χ3n) is 16.8. The Bertz CT molecular complexity index is 5390. The van der Waals surface area contributed by atoms with E-state index in [0.29, 0.717) is 64.8 Å². The lowest BCUT2D eigenvalue weighted by atomic mass is 10.1. The number of hydrogen-bond donors (Lipinski definition) is 6. The molecule has 15 rings (SSSR count). The Morgan fingerprint density at radius 3 is 1.85 bits per heavy atom. The molecule has 1 unspecified atom stereocenters. The van der Waals surface area contributed by atoms with Crippen LogP contribution in [0.5, 0.6) is 28.9 Å². The summed E-state index contributed by atoms with van der Waals surface area (Å²) < 4.78 is 46.9. The molecular weight excluding hydrogens is 1550 g/mol. The maximum Gasteiger partial charge on any atom is 0.410 e. The number of fused-ring (bicyclic) bond motifs is 1. The van der Waals surface area contributed by atoms with E-state index >= 15 is 0 Å². The summed E-state index contributed by atoms with van der Waals surface area (Å²) in [5, 5.41) is 40.1. The lowest BCUT2D eigenvalue weighted by Gasteiger charge is -2.33. The summed E-state index contributed by atoms with van der Waals surface area (Å²) in [7, 11) is 3.15. The molecule has 6 N–H and O–H groups in total. The molecule has 9 heterocycles. The number of piperazine rings is 1. The van der Waals surface area contributed by atoms with Gasteiger partial charge in [0.25, 0.3) is 0 Å². The van der Waals surface area contributed by atoms with Gasteiger partial charge in [-0.05, 0) is 143 Å². The highest BCUT2D eigenvalue weighted by atomic mass is 35.5. The Morgan fingerprint density at radius 2 is 1.18 bits per heavy atom. The number of rotatable bonds is 25. The molecule has 0 spiro atoms. The highest BCUT2D eigenvalue weighted by Gasteiger charge is 2.32. The number of esters is 1. The van der Waals surface area contributed by atoms with Crippen molar-refractivity contribution in [1.82, 2.24) is 84.9 Å². The average molecular weight is 1640 g/mol. The molecule has 8 aromatic heterocycles. The first-order valence-electron chi connectivity index (χ1n) is 37.5. The second-order valence-corrected chi connectivity index (χ2v) is 29.9. The van der Waals surface area contributed by atoms with Gasteiger partial charge in [-0.15, -0.1) is 10.2 Å². The number of hydrogen-bond acceptors (Lipinski definition) is 23. The van der Waals surface area contributed by atoms with Crippen LogP contribution in [0.15, 0.2) is 218 Å². The van der Waals surface area contributed by atoms with Crippen LogP contribution in [0.25, 0.3) is 101 Å². The monoisotopic (exact) mass is 1640 g/mol. The van der Waals surface area contributed by atoms with Gasteiger partial charge in [0, 0.05) is 69.6 Å². The van der Waals surface area contributed by atoms with Crippen molar-refractivity contribution in [3.63, 3.8) is 0 Å². The number of carbonyl (C=O) groups excluding carboxylic acids is 4. The topological polar surface area (TPSA) is 356 Å². The number of pyridine rings is 2. The first-order valence-corrected chi connectivity index (χ1v) is 39.6. The van der Waals surface area contributed by atoms with Crippen LogP contribution < -0.4 is 29.0 Å². The summed E-state index contributed by atoms with van der Waals surface area (Å²) >= 11 is 8.36. The van der Waals surface area contributed by atoms with Gasteiger partial charge in [-0.2, -0.15) is 24.0 Å². The van der Waals surface area contributed by atoms with Gasteiger partial charge < -0.3 is 38.5 Å². The molecule has 117 heavy (non-hydrogen) atoms. The predicted molar refractivity (Wildman–Crippen MR) is 452 cm³/mol. The van der Waals surface area contributed by atoms with Crippen LogP contribution in [0.4, 0.5) is 4.79 Å². The summed E-state index contributed by atoms with van der Waals surface area (Å²) in [6.07, 6.45) is 4.57. The minimum absolute atomic E-state index is 0.0359. The smallest absolute Gasteiger partial charge is 0.410 e. The molecule has 1 aliphatic rings. The van der Waals surface area contributed by atoms with E-state index < -0.39 is 17.7 Å². The molecule has 28 nitrogen and oxygen atoms in total. The standard InChI is InChI=1S/C20H26N4O5.2C18H19N3O.C15H16ClN3O4S.C15H10N4S/c1-20(2,3)29-19(26)24-10-13(21-17(25)11-24)12-28-18-9-15(22-23-18)14-7-5-6-8-16(14)27-4;1-13(2)12-22-18-9-4-3-7-14(18)16-11-17(21-20-16)15-8-5-6-10-19-15;1-13(2)12-22-18-8-4-3-7-15(18)17-10-16(20-21-17)14-6-5-9-19-11-14;1-3-23-13(21)7-10(20)8-24-15-17-14(18-19-15)11-6-9(16)4-5-12(11)22-2;1-2-5-10(6-3-1)13-9-14(17-16-13)11-7-4-8-12-15(11)19-20-18-12/h5-9,13H,10-12H2,1-4H3,(H,21,25)(H,22,23);2*3-11,13H,12H2,1-2H3,(H,20,21);4-6H,3,7-8H2,1-2H3,(H,17,18,19);1-9H,(H,16,17). The van der Waals surface area contributed by atoms with E-state index in [9.17, 15) is 19.2 Å². The summed E-state index contributed by atoms with van der Waals surface area (Å²) in [6, 6.07) is 62.0. The molecule has 1 saturated heterocycles. The van der Waals surface area contributed by atoms with E-state index in [-0.39, 0.29) is 49.7 Å². The Morgan fingerprint density at radius 1 is 0.581 bits per heavy atom. The third-order valence-corrected chi connectivity index (χ3v) is 18.5. The van der Waals surface area contributed by atoms with E-state index in [4.69, 9.17) is 44.8 Å². The van der Waals surface area contributed by atoms with Gasteiger partial charge in [0.15, 0.2) is 11.6 Å². The fraction of sp³-hybridized carbons (Fsp3) is 0.256. The van der Waals surface area contributed by atoms with Crippen LogP contribution in [0, 0.1) is 11.8 Å². The number of nitrogens with one attached hydrogen (secondary N) is 6. The van der Waals surface area contributed by atoms with Gasteiger partial charge in [-0.1, -0.05) is 136 Å². The second-order valence-electron chi connectivity index (χ2n) is 28.0. The molecule has 1 fully saturated rings. The Labute approximate surface area is 689 Å². The number of methoxy groups -OCH3 is 2. The molecule has 0 saturated carbocycles. The molecule has 14 aromatic rings. The van der Waals surface area contributed by atoms with Gasteiger partial charge in [-0.25, -0.2) is 9.78 Å². The highest BCUT2D eigenvalue weighted by Crippen LogP contribution is 2.36. The molecule has 1 aliphatic heterocycles. The molecule has 0 aliphatic carbocycles. The zero-order valence-electron chi connectivity index (χ0n) is 66.2. The van der Waals surface area contributed by atoms with E-state index in [1.165, 1.54) is 16.6 Å². The number of thioether (sulfide) groups is 1. The minimum Gasteiger partial charge on any atom is -0.496 e. The minimum atomic E-state index is -0.624. The molecule has 0 radical (unpaired) electrons. The molecular formula is C86H90ClN17O11S2. The average Bonchev–Trinajstić information content (AvgIpc) is 1.67. The Balaban J connectivity index is 0.000000144. The van der Waals surface area contributed by atoms with Gasteiger partial charge in [0.05, 0.1) is 109 Å². The van der Waals surface area contributed by atoms with E-state index in [1.807, 2.05) is 170 Å². The van der Waals surface area contributed by atoms with E-state index in [1.54, 1.807) is 84.8 Å². The number of para-hydroxylation sites is 3. The molecule has 2 amide bonds. The molecule has 6 aromatic carbocycles. The number of halogens is 1. The van der Waals surface area contributed by atoms with E-state index in [2.05, 4.69) is 108 Å². The molecule has 0 bridgehead atoms. The highest BCUT2D eigenvalue weighted by molar-refractivity contribution is 7.99. The van der Waals surface area contributed by atoms with Crippen LogP contribution in [0.2, 0.25) is 5.02 Å². The zero-order chi connectivity index (χ0) is 82.6. The normalized spacial score (nSPS) is 12.3. The lowest BCUT2D eigenvalue weighted by Crippen LogP contribution is -2.58. The number of ether oxygens (including phenoxy) is 7. The van der Waals surface area contributed by atoms with Gasteiger partial charge in [-0.3, -0.25) is 54.7 Å². The number of nitrogens with zero attached hydrogens (tertiary/aromatic N) is 11. The second kappa shape index (κ2) is 41.8. The van der Waals surface area contributed by atoms with Crippen molar-refractivity contribution in [2.24, 2.45) is 11.8 Å². The van der Waals surface area contributed by atoms with Crippen molar-refractivity contribution in [3.05, 3.63) is 218 Å². The van der Waals surface area contributed by atoms with Gasteiger partial charge in [0.1, 0.15) is 59.2 Å². The van der Waals surface area contributed by atoms with Crippen molar-refractivity contribution in [3.8, 4) is 119 Å². The largest absolute Gasteiger partial charge is 0.496 e. The van der Waals surface area contributed by atoms with Gasteiger partial charge >= 0.3 is 12.1 Å². The maximum absolute atomic E-state index is 12.3. The SMILES string of the molecule is CC(C)COc1ccccc1-c1cc(-c2ccccn2)[nH]n1.CC(C)COc1ccccc1-c1cc(-c2cccnc2)n[nH]1.CCOC(=O)CC(=O)CSc1n[nH]c(-c2cc(Cl)ccc2OC)n1.COc1ccccc1-c1cc(OCC2CN(C(=O)OC(C)(C)C)CC(=O)N2)n[nH]1.c1ccc(-c2cc(-c3cccc4nsnc34)[nH]n2)cc1. The fourth-order valence-corrected chi connectivity index (χ4v) is 12.8. The summed E-state index contributed by atoms with van der Waals surface area (Å²) in [6.45, 7) is 17.7. The Kier molecular flexibility index (Phi) is 30.3. The summed E-state index contributed by atoms with van der Waals surface area (Å²) in [4.78, 5) is 61.3. The van der Waals surface area contributed by atoms with Crippen molar-refractivity contribution >= 4 is 69.9 Å². The zero-order valence-corrected chi connectivity index (χ0v) is 68.6. The van der Waals surface area contributed by atoms with Crippen molar-refractivity contribution in [2.75, 3.05) is 59.5 Å². The van der Waals surface area contributed by atoms with Crippen LogP contribution >= 0.6 is 35.1 Å². The third kappa shape index (κ3) is 24.7. The van der Waals surface area contributed by atoms with Crippen LogP contribution in [0.3, 0.4) is 0 Å². The number of amides is 2. The van der Waals surface area contributed by atoms with Crippen molar-refractivity contribution < 1.29 is 52.3 Å². The first-order chi connectivity index (χ1) is 56.7. The molecule has 604 valence electrons. The fourth-order valence-electron chi connectivity index (χ4n) is 11.4. The maximum atomic E-state index is 12.3. The van der Waals surface area contributed by atoms with Crippen LogP contribution in [0.1, 0.15) is 61.8 Å². The number of carbonyl (C=O) groups is 4. The predicted octanol–water partition coefficient (Wildman–Crippen LogP) is 17.0. The number of H-pyrrole nitrogens is 5. The number of aromatic nitrogens is 15. The van der Waals surface area contributed by atoms with Crippen molar-refractivity contribution in [1.29, 1.82) is 0 Å². The molecule has 1 atom stereocenters. The Hall–Kier alpha value is -13.1. The summed E-state index contributed by atoms with van der Waals surface area (Å²) in [5.41, 5.74) is 15.0. The number of benzene rings is 6.